The van der Waals surface area contributed by atoms with E-state index in [1.54, 1.807) is 0 Å². The molecule has 0 radical (unpaired) electrons. The molecule has 8 aromatic carbocycles. The van der Waals surface area contributed by atoms with Gasteiger partial charge in [0.05, 0.1) is 16.1 Å². The second kappa shape index (κ2) is 12.6. The SMILES string of the molecule is c1ccc(-c2cccc3c2oc2ccc(N(c4ccccc4)c4cccc5c4sc4cccc(N(c6ccccc6)c6ccccc6)c45)cc23)cc1. The number of para-hydroxylation sites is 4. The fraction of sp³-hybridized carbons (Fsp3) is 0. The molecular weight excluding hydrogens is 653 g/mol. The maximum atomic E-state index is 6.58. The molecule has 0 fully saturated rings. The first kappa shape index (κ1) is 30.2. The van der Waals surface area contributed by atoms with E-state index in [0.717, 1.165) is 67.2 Å². The van der Waals surface area contributed by atoms with Crippen LogP contribution in [-0.2, 0) is 0 Å². The van der Waals surface area contributed by atoms with E-state index in [9.17, 15) is 0 Å². The highest BCUT2D eigenvalue weighted by Gasteiger charge is 2.23. The highest BCUT2D eigenvalue weighted by molar-refractivity contribution is 7.26. The Hall–Kier alpha value is -6.62. The van der Waals surface area contributed by atoms with E-state index in [1.165, 1.54) is 20.2 Å². The maximum absolute atomic E-state index is 6.58. The molecule has 0 atom stereocenters. The Kier molecular flexibility index (Phi) is 7.33. The lowest BCUT2D eigenvalue weighted by Crippen LogP contribution is -2.10. The molecule has 3 nitrogen and oxygen atoms in total. The summed E-state index contributed by atoms with van der Waals surface area (Å²) in [5.41, 5.74) is 10.7. The number of benzene rings is 8. The largest absolute Gasteiger partial charge is 0.455 e. The molecule has 10 rings (SSSR count). The quantitative estimate of drug-likeness (QED) is 0.167. The van der Waals surface area contributed by atoms with Crippen molar-refractivity contribution < 1.29 is 4.42 Å². The fourth-order valence-corrected chi connectivity index (χ4v) is 8.76. The molecule has 2 heterocycles. The summed E-state index contributed by atoms with van der Waals surface area (Å²) in [5, 5.41) is 4.68. The predicted octanol–water partition coefficient (Wildman–Crippen LogP) is 14.6. The normalized spacial score (nSPS) is 11.5. The lowest BCUT2D eigenvalue weighted by Gasteiger charge is -2.27. The van der Waals surface area contributed by atoms with Crippen LogP contribution in [0, 0.1) is 0 Å². The zero-order valence-electron chi connectivity index (χ0n) is 28.2. The molecule has 0 unspecified atom stereocenters. The zero-order chi connectivity index (χ0) is 34.4. The number of fused-ring (bicyclic) bond motifs is 6. The van der Waals surface area contributed by atoms with Gasteiger partial charge in [0.1, 0.15) is 11.2 Å². The fourth-order valence-electron chi connectivity index (χ4n) is 7.53. The van der Waals surface area contributed by atoms with Crippen LogP contribution in [0.2, 0.25) is 0 Å². The van der Waals surface area contributed by atoms with Gasteiger partial charge >= 0.3 is 0 Å². The van der Waals surface area contributed by atoms with Crippen molar-refractivity contribution in [3.8, 4) is 11.1 Å². The molecule has 0 saturated carbocycles. The summed E-state index contributed by atoms with van der Waals surface area (Å²) in [7, 11) is 0. The lowest BCUT2D eigenvalue weighted by molar-refractivity contribution is 0.670. The number of hydrogen-bond donors (Lipinski definition) is 0. The van der Waals surface area contributed by atoms with E-state index >= 15 is 0 Å². The van der Waals surface area contributed by atoms with Gasteiger partial charge in [-0.2, -0.15) is 0 Å². The number of hydrogen-bond acceptors (Lipinski definition) is 4. The number of thiophene rings is 1. The van der Waals surface area contributed by atoms with Gasteiger partial charge in [-0.3, -0.25) is 0 Å². The molecule has 10 aromatic rings. The third-order valence-corrected chi connectivity index (χ3v) is 11.0. The average Bonchev–Trinajstić information content (AvgIpc) is 3.79. The lowest BCUT2D eigenvalue weighted by atomic mass is 10.0. The van der Waals surface area contributed by atoms with Gasteiger partial charge in [0.2, 0.25) is 0 Å². The van der Waals surface area contributed by atoms with Crippen molar-refractivity contribution >= 4 is 87.6 Å². The molecule has 2 aromatic heterocycles. The van der Waals surface area contributed by atoms with Gasteiger partial charge in [-0.1, -0.05) is 121 Å². The average molecular weight is 685 g/mol. The van der Waals surface area contributed by atoms with Crippen molar-refractivity contribution in [3.05, 3.63) is 194 Å². The first-order valence-corrected chi connectivity index (χ1v) is 18.3. The third kappa shape index (κ3) is 5.04. The maximum Gasteiger partial charge on any atom is 0.143 e. The summed E-state index contributed by atoms with van der Waals surface area (Å²) in [5.74, 6) is 0. The van der Waals surface area contributed by atoms with Crippen molar-refractivity contribution in [1.82, 2.24) is 0 Å². The number of furan rings is 1. The summed E-state index contributed by atoms with van der Waals surface area (Å²) in [4.78, 5) is 4.76. The number of nitrogens with zero attached hydrogens (tertiary/aromatic N) is 2. The van der Waals surface area contributed by atoms with Crippen LogP contribution < -0.4 is 9.80 Å². The Labute approximate surface area is 305 Å². The second-order valence-electron chi connectivity index (χ2n) is 12.9. The van der Waals surface area contributed by atoms with E-state index in [1.807, 2.05) is 17.4 Å². The van der Waals surface area contributed by atoms with Gasteiger partial charge in [0, 0.05) is 54.6 Å². The van der Waals surface area contributed by atoms with E-state index in [4.69, 9.17) is 4.42 Å². The molecule has 52 heavy (non-hydrogen) atoms. The summed E-state index contributed by atoms with van der Waals surface area (Å²) in [6.07, 6.45) is 0. The van der Waals surface area contributed by atoms with Crippen molar-refractivity contribution in [3.63, 3.8) is 0 Å². The minimum Gasteiger partial charge on any atom is -0.455 e. The van der Waals surface area contributed by atoms with Crippen molar-refractivity contribution in [2.75, 3.05) is 9.80 Å². The third-order valence-electron chi connectivity index (χ3n) is 9.83. The molecule has 0 N–H and O–H groups in total. The summed E-state index contributed by atoms with van der Waals surface area (Å²) >= 11 is 1.85. The van der Waals surface area contributed by atoms with Crippen LogP contribution in [-0.4, -0.2) is 0 Å². The van der Waals surface area contributed by atoms with Gasteiger partial charge in [-0.05, 0) is 78.4 Å². The molecule has 0 bridgehead atoms. The summed E-state index contributed by atoms with van der Waals surface area (Å²) < 4.78 is 9.06. The number of rotatable bonds is 7. The van der Waals surface area contributed by atoms with Gasteiger partial charge in [-0.15, -0.1) is 11.3 Å². The van der Waals surface area contributed by atoms with E-state index in [0.29, 0.717) is 0 Å². The highest BCUT2D eigenvalue weighted by Crippen LogP contribution is 2.49. The Balaban J connectivity index is 1.19. The van der Waals surface area contributed by atoms with Crippen LogP contribution >= 0.6 is 11.3 Å². The topological polar surface area (TPSA) is 19.6 Å². The van der Waals surface area contributed by atoms with Gasteiger partial charge < -0.3 is 14.2 Å². The Bertz CT molecular complexity index is 2810. The van der Waals surface area contributed by atoms with E-state index < -0.39 is 0 Å². The molecule has 246 valence electrons. The Morgan fingerprint density at radius 3 is 1.63 bits per heavy atom. The van der Waals surface area contributed by atoms with Crippen molar-refractivity contribution in [1.29, 1.82) is 0 Å². The molecule has 0 saturated heterocycles. The van der Waals surface area contributed by atoms with E-state index in [2.05, 4.69) is 198 Å². The Morgan fingerprint density at radius 1 is 0.404 bits per heavy atom. The van der Waals surface area contributed by atoms with E-state index in [-0.39, 0.29) is 0 Å². The molecule has 0 aliphatic carbocycles. The standard InChI is InChI=1S/C48H32N2OS/c1-5-16-33(17-6-1)38-24-13-25-39-41-32-37(30-31-44(41)51-47(38)39)50(36-22-11-4-12-23-36)43-28-14-26-40-46-42(27-15-29-45(46)52-48(40)43)49(34-18-7-2-8-19-34)35-20-9-3-10-21-35/h1-32H. The predicted molar refractivity (Wildman–Crippen MR) is 221 cm³/mol. The molecule has 0 aliphatic heterocycles. The molecule has 0 aliphatic rings. The first-order chi connectivity index (χ1) is 25.8. The molecule has 4 heteroatoms. The number of anilines is 6. The van der Waals surface area contributed by atoms with Gasteiger partial charge in [-0.25, -0.2) is 0 Å². The smallest absolute Gasteiger partial charge is 0.143 e. The van der Waals surface area contributed by atoms with Gasteiger partial charge in [0.25, 0.3) is 0 Å². The minimum absolute atomic E-state index is 0.877. The van der Waals surface area contributed by atoms with Crippen LogP contribution in [0.15, 0.2) is 199 Å². The summed E-state index contributed by atoms with van der Waals surface area (Å²) in [6, 6.07) is 68.9. The first-order valence-electron chi connectivity index (χ1n) is 17.5. The summed E-state index contributed by atoms with van der Waals surface area (Å²) in [6.45, 7) is 0. The second-order valence-corrected chi connectivity index (χ2v) is 14.0. The van der Waals surface area contributed by atoms with Crippen molar-refractivity contribution in [2.24, 2.45) is 0 Å². The molecular formula is C48H32N2OS. The Morgan fingerprint density at radius 2 is 0.962 bits per heavy atom. The van der Waals surface area contributed by atoms with Crippen LogP contribution in [0.1, 0.15) is 0 Å². The van der Waals surface area contributed by atoms with Gasteiger partial charge in [0.15, 0.2) is 0 Å². The molecule has 0 spiro atoms. The van der Waals surface area contributed by atoms with Crippen LogP contribution in [0.4, 0.5) is 34.1 Å². The molecule has 0 amide bonds. The minimum atomic E-state index is 0.877. The highest BCUT2D eigenvalue weighted by atomic mass is 32.1. The van der Waals surface area contributed by atoms with Crippen molar-refractivity contribution in [2.45, 2.75) is 0 Å². The zero-order valence-corrected chi connectivity index (χ0v) is 29.0. The van der Waals surface area contributed by atoms with Crippen LogP contribution in [0.5, 0.6) is 0 Å². The van der Waals surface area contributed by atoms with Crippen LogP contribution in [0.25, 0.3) is 53.2 Å². The monoisotopic (exact) mass is 684 g/mol. The van der Waals surface area contributed by atoms with Crippen LogP contribution in [0.3, 0.4) is 0 Å².